The van der Waals surface area contributed by atoms with Crippen molar-refractivity contribution in [2.75, 3.05) is 18.1 Å². The lowest BCUT2D eigenvalue weighted by Gasteiger charge is -2.26. The fourth-order valence-electron chi connectivity index (χ4n) is 3.26. The molecule has 1 aliphatic heterocycles. The van der Waals surface area contributed by atoms with E-state index in [2.05, 4.69) is 5.32 Å². The van der Waals surface area contributed by atoms with E-state index in [1.807, 2.05) is 0 Å². The molecule has 1 saturated heterocycles. The van der Waals surface area contributed by atoms with Gasteiger partial charge in [0.05, 0.1) is 11.6 Å². The van der Waals surface area contributed by atoms with Crippen LogP contribution in [0.1, 0.15) is 42.1 Å². The third-order valence-corrected chi connectivity index (χ3v) is 4.82. The molecular formula is C22H23F3N2O3. The van der Waals surface area contributed by atoms with Gasteiger partial charge in [-0.2, -0.15) is 13.2 Å². The summed E-state index contributed by atoms with van der Waals surface area (Å²) in [4.78, 5) is 26.1. The topological polar surface area (TPSA) is 58.6 Å². The number of nitrogens with one attached hydrogen (secondary N) is 1. The van der Waals surface area contributed by atoms with Crippen molar-refractivity contribution in [1.82, 2.24) is 5.32 Å². The molecule has 160 valence electrons. The Bertz CT molecular complexity index is 897. The molecule has 2 amide bonds. The van der Waals surface area contributed by atoms with Crippen LogP contribution in [0.4, 0.5) is 18.9 Å². The van der Waals surface area contributed by atoms with Crippen LogP contribution in [0.3, 0.4) is 0 Å². The lowest BCUT2D eigenvalue weighted by molar-refractivity contribution is -0.139. The largest absolute Gasteiger partial charge is 0.491 e. The zero-order valence-electron chi connectivity index (χ0n) is 16.5. The highest BCUT2D eigenvalue weighted by molar-refractivity contribution is 5.97. The quantitative estimate of drug-likeness (QED) is 0.753. The summed E-state index contributed by atoms with van der Waals surface area (Å²) in [6.45, 7) is 2.20. The normalized spacial score (nSPS) is 15.6. The van der Waals surface area contributed by atoms with E-state index in [-0.39, 0.29) is 24.2 Å². The van der Waals surface area contributed by atoms with E-state index in [9.17, 15) is 22.8 Å². The smallest absolute Gasteiger partial charge is 0.419 e. The Morgan fingerprint density at radius 3 is 2.50 bits per heavy atom. The average molecular weight is 420 g/mol. The number of hydrogen-bond donors (Lipinski definition) is 1. The first-order valence-corrected chi connectivity index (χ1v) is 9.76. The molecule has 0 spiro atoms. The highest BCUT2D eigenvalue weighted by Crippen LogP contribution is 2.35. The van der Waals surface area contributed by atoms with E-state index in [4.69, 9.17) is 4.74 Å². The highest BCUT2D eigenvalue weighted by atomic mass is 19.4. The Morgan fingerprint density at radius 1 is 1.13 bits per heavy atom. The van der Waals surface area contributed by atoms with Gasteiger partial charge in [0.25, 0.3) is 5.91 Å². The Morgan fingerprint density at radius 2 is 1.83 bits per heavy atom. The van der Waals surface area contributed by atoms with Crippen LogP contribution in [0.15, 0.2) is 48.5 Å². The van der Waals surface area contributed by atoms with Crippen LogP contribution in [0, 0.1) is 0 Å². The number of amides is 2. The Balaban J connectivity index is 1.56. The maximum Gasteiger partial charge on any atom is 0.419 e. The summed E-state index contributed by atoms with van der Waals surface area (Å²) in [5.41, 5.74) is 0.286. The number of carbonyl (C=O) groups excluding carboxylic acids is 2. The van der Waals surface area contributed by atoms with E-state index < -0.39 is 17.8 Å². The molecule has 0 aliphatic carbocycles. The van der Waals surface area contributed by atoms with Gasteiger partial charge in [0.1, 0.15) is 12.4 Å². The monoisotopic (exact) mass is 420 g/mol. The van der Waals surface area contributed by atoms with Gasteiger partial charge in [-0.1, -0.05) is 12.1 Å². The SMILES string of the molecule is CC(COc1ccccc1C(F)(F)F)NC(=O)c1ccc(N2CCCCC2=O)cc1. The Kier molecular flexibility index (Phi) is 6.64. The fourth-order valence-corrected chi connectivity index (χ4v) is 3.26. The average Bonchev–Trinajstić information content (AvgIpc) is 2.72. The molecule has 8 heteroatoms. The summed E-state index contributed by atoms with van der Waals surface area (Å²) in [7, 11) is 0. The molecule has 1 heterocycles. The van der Waals surface area contributed by atoms with E-state index in [0.29, 0.717) is 18.5 Å². The molecule has 2 aromatic rings. The third kappa shape index (κ3) is 5.31. The molecule has 30 heavy (non-hydrogen) atoms. The number of hydrogen-bond acceptors (Lipinski definition) is 3. The minimum Gasteiger partial charge on any atom is -0.491 e. The van der Waals surface area contributed by atoms with Gasteiger partial charge in [-0.25, -0.2) is 0 Å². The fraction of sp³-hybridized carbons (Fsp3) is 0.364. The first-order chi connectivity index (χ1) is 14.3. The van der Waals surface area contributed by atoms with Crippen LogP contribution in [0.5, 0.6) is 5.75 Å². The summed E-state index contributed by atoms with van der Waals surface area (Å²) in [6.07, 6.45) is -2.15. The first-order valence-electron chi connectivity index (χ1n) is 9.76. The second kappa shape index (κ2) is 9.19. The van der Waals surface area contributed by atoms with Gasteiger partial charge in [-0.3, -0.25) is 9.59 Å². The molecule has 0 bridgehead atoms. The van der Waals surface area contributed by atoms with Gasteiger partial charge in [0.2, 0.25) is 5.91 Å². The van der Waals surface area contributed by atoms with Crippen molar-refractivity contribution in [2.45, 2.75) is 38.4 Å². The van der Waals surface area contributed by atoms with Crippen molar-refractivity contribution < 1.29 is 27.5 Å². The molecule has 1 atom stereocenters. The minimum atomic E-state index is -4.51. The summed E-state index contributed by atoms with van der Waals surface area (Å²) in [6, 6.07) is 11.1. The summed E-state index contributed by atoms with van der Waals surface area (Å²) in [5, 5.41) is 2.71. The zero-order valence-corrected chi connectivity index (χ0v) is 16.5. The number of carbonyl (C=O) groups is 2. The Hall–Kier alpha value is -3.03. The van der Waals surface area contributed by atoms with Crippen LogP contribution in [0.2, 0.25) is 0 Å². The van der Waals surface area contributed by atoms with Crippen molar-refractivity contribution in [3.63, 3.8) is 0 Å². The second-order valence-corrected chi connectivity index (χ2v) is 7.23. The van der Waals surface area contributed by atoms with Crippen LogP contribution in [-0.4, -0.2) is 31.0 Å². The summed E-state index contributed by atoms with van der Waals surface area (Å²) >= 11 is 0. The lowest BCUT2D eigenvalue weighted by atomic mass is 10.1. The standard InChI is InChI=1S/C22H23F3N2O3/c1-15(14-30-19-7-3-2-6-18(19)22(23,24)25)26-21(29)16-9-11-17(12-10-16)27-13-5-4-8-20(27)28/h2-3,6-7,9-12,15H,4-5,8,13-14H2,1H3,(H,26,29). The third-order valence-electron chi connectivity index (χ3n) is 4.82. The maximum absolute atomic E-state index is 13.0. The molecule has 0 aromatic heterocycles. The molecule has 1 N–H and O–H groups in total. The van der Waals surface area contributed by atoms with Gasteiger partial charge in [0.15, 0.2) is 0 Å². The molecule has 0 radical (unpaired) electrons. The number of rotatable bonds is 6. The summed E-state index contributed by atoms with van der Waals surface area (Å²) < 4.78 is 44.4. The van der Waals surface area contributed by atoms with E-state index in [1.54, 1.807) is 36.1 Å². The van der Waals surface area contributed by atoms with Gasteiger partial charge in [0, 0.05) is 24.2 Å². The number of ether oxygens (including phenoxy) is 1. The van der Waals surface area contributed by atoms with Crippen molar-refractivity contribution >= 4 is 17.5 Å². The number of alkyl halides is 3. The zero-order chi connectivity index (χ0) is 21.7. The van der Waals surface area contributed by atoms with Crippen molar-refractivity contribution in [3.05, 3.63) is 59.7 Å². The van der Waals surface area contributed by atoms with E-state index in [0.717, 1.165) is 24.6 Å². The first kappa shape index (κ1) is 21.7. The number of anilines is 1. The van der Waals surface area contributed by atoms with Crippen LogP contribution in [0.25, 0.3) is 0 Å². The van der Waals surface area contributed by atoms with Crippen molar-refractivity contribution in [1.29, 1.82) is 0 Å². The number of piperidine rings is 1. The highest BCUT2D eigenvalue weighted by Gasteiger charge is 2.34. The molecule has 1 aliphatic rings. The van der Waals surface area contributed by atoms with E-state index >= 15 is 0 Å². The predicted octanol–water partition coefficient (Wildman–Crippen LogP) is 4.42. The van der Waals surface area contributed by atoms with Gasteiger partial charge in [-0.15, -0.1) is 0 Å². The van der Waals surface area contributed by atoms with Crippen molar-refractivity contribution in [2.24, 2.45) is 0 Å². The number of nitrogens with zero attached hydrogens (tertiary/aromatic N) is 1. The predicted molar refractivity (Wildman–Crippen MR) is 107 cm³/mol. The number of para-hydroxylation sites is 1. The summed E-state index contributed by atoms with van der Waals surface area (Å²) in [5.74, 6) is -0.572. The molecular weight excluding hydrogens is 397 g/mol. The van der Waals surface area contributed by atoms with Gasteiger partial charge < -0.3 is 15.0 Å². The van der Waals surface area contributed by atoms with Gasteiger partial charge >= 0.3 is 6.18 Å². The minimum absolute atomic E-state index is 0.0726. The van der Waals surface area contributed by atoms with Crippen LogP contribution >= 0.6 is 0 Å². The molecule has 5 nitrogen and oxygen atoms in total. The molecule has 0 saturated carbocycles. The number of halogens is 3. The second-order valence-electron chi connectivity index (χ2n) is 7.23. The van der Waals surface area contributed by atoms with E-state index in [1.165, 1.54) is 18.2 Å². The van der Waals surface area contributed by atoms with Gasteiger partial charge in [-0.05, 0) is 56.2 Å². The number of benzene rings is 2. The molecule has 3 rings (SSSR count). The lowest BCUT2D eigenvalue weighted by Crippen LogP contribution is -2.37. The van der Waals surface area contributed by atoms with Crippen LogP contribution in [-0.2, 0) is 11.0 Å². The van der Waals surface area contributed by atoms with Crippen LogP contribution < -0.4 is 15.0 Å². The molecule has 1 fully saturated rings. The van der Waals surface area contributed by atoms with Crippen molar-refractivity contribution in [3.8, 4) is 5.75 Å². The molecule has 1 unspecified atom stereocenters. The Labute approximate surface area is 172 Å². The maximum atomic E-state index is 13.0. The molecule has 2 aromatic carbocycles.